The fourth-order valence-electron chi connectivity index (χ4n) is 2.04. The van der Waals surface area contributed by atoms with Crippen molar-refractivity contribution in [3.63, 3.8) is 0 Å². The van der Waals surface area contributed by atoms with E-state index in [0.29, 0.717) is 11.5 Å². The highest BCUT2D eigenvalue weighted by atomic mass is 19.1. The number of aromatic nitrogens is 4. The van der Waals surface area contributed by atoms with E-state index in [1.54, 1.807) is 11.3 Å². The molecule has 0 saturated carbocycles. The van der Waals surface area contributed by atoms with E-state index in [4.69, 9.17) is 0 Å². The summed E-state index contributed by atoms with van der Waals surface area (Å²) >= 11 is 0. The van der Waals surface area contributed by atoms with Crippen LogP contribution in [0.2, 0.25) is 0 Å². The molecule has 3 rings (SSSR count). The number of hydrogen-bond acceptors (Lipinski definition) is 4. The minimum absolute atomic E-state index is 0.211. The Balaban J connectivity index is 1.83. The van der Waals surface area contributed by atoms with Gasteiger partial charge in [-0.25, -0.2) is 4.98 Å². The van der Waals surface area contributed by atoms with Crippen molar-refractivity contribution in [2.75, 3.05) is 0 Å². The van der Waals surface area contributed by atoms with Crippen LogP contribution in [0.1, 0.15) is 29.1 Å². The Bertz CT molecular complexity index is 801. The van der Waals surface area contributed by atoms with Crippen LogP contribution in [-0.2, 0) is 0 Å². The standard InChI is InChI=1S/C14H12FN5O/c1-9(13-19-18-12-4-2-3-7-20(12)13)17-14(21)10-5-6-16-11(15)8-10/h2-9H,1H3,(H,17,21). The molecular formula is C14H12FN5O. The lowest BCUT2D eigenvalue weighted by molar-refractivity contribution is 0.0937. The average molecular weight is 285 g/mol. The molecule has 3 heterocycles. The normalized spacial score (nSPS) is 12.3. The molecule has 0 radical (unpaired) electrons. The number of fused-ring (bicyclic) bond motifs is 1. The van der Waals surface area contributed by atoms with Crippen LogP contribution in [0, 0.1) is 5.95 Å². The van der Waals surface area contributed by atoms with Crippen LogP contribution in [0.4, 0.5) is 4.39 Å². The van der Waals surface area contributed by atoms with Crippen LogP contribution in [-0.4, -0.2) is 25.5 Å². The van der Waals surface area contributed by atoms with Crippen LogP contribution in [0.15, 0.2) is 42.7 Å². The van der Waals surface area contributed by atoms with E-state index in [0.717, 1.165) is 6.07 Å². The van der Waals surface area contributed by atoms with Gasteiger partial charge in [-0.05, 0) is 25.1 Å². The van der Waals surface area contributed by atoms with Crippen molar-refractivity contribution in [2.45, 2.75) is 13.0 Å². The van der Waals surface area contributed by atoms with Gasteiger partial charge in [0.15, 0.2) is 11.5 Å². The first kappa shape index (κ1) is 13.2. The molecule has 7 heteroatoms. The van der Waals surface area contributed by atoms with E-state index in [1.165, 1.54) is 12.3 Å². The molecule has 3 aromatic heterocycles. The summed E-state index contributed by atoms with van der Waals surface area (Å²) in [5, 5.41) is 10.9. The van der Waals surface area contributed by atoms with Gasteiger partial charge in [-0.15, -0.1) is 10.2 Å². The zero-order valence-corrected chi connectivity index (χ0v) is 11.2. The monoisotopic (exact) mass is 285 g/mol. The van der Waals surface area contributed by atoms with Crippen LogP contribution in [0.5, 0.6) is 0 Å². The molecule has 0 saturated heterocycles. The molecule has 0 aliphatic heterocycles. The molecule has 0 aromatic carbocycles. The fraction of sp³-hybridized carbons (Fsp3) is 0.143. The van der Waals surface area contributed by atoms with Gasteiger partial charge in [0.05, 0.1) is 6.04 Å². The van der Waals surface area contributed by atoms with E-state index in [2.05, 4.69) is 20.5 Å². The Morgan fingerprint density at radius 1 is 1.33 bits per heavy atom. The van der Waals surface area contributed by atoms with Crippen molar-refractivity contribution in [1.82, 2.24) is 24.9 Å². The molecular weight excluding hydrogens is 273 g/mol. The second-order valence-corrected chi connectivity index (χ2v) is 4.55. The molecule has 3 aromatic rings. The molecule has 0 spiro atoms. The molecule has 0 fully saturated rings. The molecule has 21 heavy (non-hydrogen) atoms. The van der Waals surface area contributed by atoms with Gasteiger partial charge in [-0.2, -0.15) is 4.39 Å². The van der Waals surface area contributed by atoms with E-state index >= 15 is 0 Å². The zero-order chi connectivity index (χ0) is 14.8. The maximum absolute atomic E-state index is 13.0. The number of carbonyl (C=O) groups excluding carboxylic acids is 1. The largest absolute Gasteiger partial charge is 0.342 e. The van der Waals surface area contributed by atoms with Gasteiger partial charge < -0.3 is 5.32 Å². The number of pyridine rings is 2. The van der Waals surface area contributed by atoms with E-state index in [1.807, 2.05) is 24.4 Å². The minimum Gasteiger partial charge on any atom is -0.342 e. The summed E-state index contributed by atoms with van der Waals surface area (Å²) < 4.78 is 14.8. The summed E-state index contributed by atoms with van der Waals surface area (Å²) in [6, 6.07) is 7.70. The topological polar surface area (TPSA) is 72.2 Å². The Hall–Kier alpha value is -2.83. The highest BCUT2D eigenvalue weighted by Crippen LogP contribution is 2.12. The maximum Gasteiger partial charge on any atom is 0.252 e. The summed E-state index contributed by atoms with van der Waals surface area (Å²) in [5.41, 5.74) is 0.909. The summed E-state index contributed by atoms with van der Waals surface area (Å²) in [4.78, 5) is 15.5. The Morgan fingerprint density at radius 3 is 3.00 bits per heavy atom. The third kappa shape index (κ3) is 2.58. The molecule has 1 amide bonds. The SMILES string of the molecule is CC(NC(=O)c1ccnc(F)c1)c1nnc2ccccn12. The minimum atomic E-state index is -0.691. The first-order valence-corrected chi connectivity index (χ1v) is 6.37. The highest BCUT2D eigenvalue weighted by molar-refractivity contribution is 5.94. The fourth-order valence-corrected chi connectivity index (χ4v) is 2.04. The lowest BCUT2D eigenvalue weighted by Gasteiger charge is -2.12. The quantitative estimate of drug-likeness (QED) is 0.744. The highest BCUT2D eigenvalue weighted by Gasteiger charge is 2.16. The molecule has 0 aliphatic rings. The number of halogens is 1. The summed E-state index contributed by atoms with van der Waals surface area (Å²) in [5.74, 6) is -0.479. The van der Waals surface area contributed by atoms with Gasteiger partial charge in [0.1, 0.15) is 0 Å². The Kier molecular flexibility index (Phi) is 3.31. The molecule has 1 N–H and O–H groups in total. The van der Waals surface area contributed by atoms with E-state index in [9.17, 15) is 9.18 Å². The number of rotatable bonds is 3. The smallest absolute Gasteiger partial charge is 0.252 e. The number of carbonyl (C=O) groups is 1. The van der Waals surface area contributed by atoms with Gasteiger partial charge in [0.2, 0.25) is 5.95 Å². The molecule has 106 valence electrons. The van der Waals surface area contributed by atoms with Crippen LogP contribution in [0.3, 0.4) is 0 Å². The molecule has 0 bridgehead atoms. The molecule has 1 unspecified atom stereocenters. The van der Waals surface area contributed by atoms with Gasteiger partial charge in [0, 0.05) is 24.0 Å². The third-order valence-corrected chi connectivity index (χ3v) is 3.06. The summed E-state index contributed by atoms with van der Waals surface area (Å²) in [6.45, 7) is 1.79. The van der Waals surface area contributed by atoms with Crippen LogP contribution >= 0.6 is 0 Å². The van der Waals surface area contributed by atoms with Crippen molar-refractivity contribution in [3.05, 3.63) is 60.1 Å². The second-order valence-electron chi connectivity index (χ2n) is 4.55. The number of nitrogens with one attached hydrogen (secondary N) is 1. The van der Waals surface area contributed by atoms with Crippen molar-refractivity contribution in [3.8, 4) is 0 Å². The number of nitrogens with zero attached hydrogens (tertiary/aromatic N) is 4. The molecule has 6 nitrogen and oxygen atoms in total. The number of hydrogen-bond donors (Lipinski definition) is 1. The van der Waals surface area contributed by atoms with E-state index in [-0.39, 0.29) is 11.6 Å². The summed E-state index contributed by atoms with van der Waals surface area (Å²) in [7, 11) is 0. The first-order chi connectivity index (χ1) is 10.1. The molecule has 0 aliphatic carbocycles. The lowest BCUT2D eigenvalue weighted by Crippen LogP contribution is -2.28. The predicted molar refractivity (Wildman–Crippen MR) is 73.1 cm³/mol. The van der Waals surface area contributed by atoms with Gasteiger partial charge in [0.25, 0.3) is 5.91 Å². The third-order valence-electron chi connectivity index (χ3n) is 3.06. The van der Waals surface area contributed by atoms with Crippen LogP contribution in [0.25, 0.3) is 5.65 Å². The lowest BCUT2D eigenvalue weighted by atomic mass is 10.2. The van der Waals surface area contributed by atoms with Crippen molar-refractivity contribution >= 4 is 11.6 Å². The van der Waals surface area contributed by atoms with Crippen molar-refractivity contribution in [1.29, 1.82) is 0 Å². The average Bonchev–Trinajstić information content (AvgIpc) is 2.91. The maximum atomic E-state index is 13.0. The first-order valence-electron chi connectivity index (χ1n) is 6.37. The van der Waals surface area contributed by atoms with E-state index < -0.39 is 11.9 Å². The Morgan fingerprint density at radius 2 is 2.19 bits per heavy atom. The Labute approximate surface area is 119 Å². The van der Waals surface area contributed by atoms with Crippen molar-refractivity contribution in [2.24, 2.45) is 0 Å². The van der Waals surface area contributed by atoms with Crippen LogP contribution < -0.4 is 5.32 Å². The predicted octanol–water partition coefficient (Wildman–Crippen LogP) is 1.75. The van der Waals surface area contributed by atoms with Gasteiger partial charge >= 0.3 is 0 Å². The van der Waals surface area contributed by atoms with Gasteiger partial charge in [-0.3, -0.25) is 9.20 Å². The van der Waals surface area contributed by atoms with Gasteiger partial charge in [-0.1, -0.05) is 6.07 Å². The summed E-state index contributed by atoms with van der Waals surface area (Å²) in [6.07, 6.45) is 3.07. The molecule has 1 atom stereocenters. The van der Waals surface area contributed by atoms with Crippen molar-refractivity contribution < 1.29 is 9.18 Å². The zero-order valence-electron chi connectivity index (χ0n) is 11.2. The number of amides is 1. The second kappa shape index (κ2) is 5.28.